The van der Waals surface area contributed by atoms with Gasteiger partial charge in [-0.2, -0.15) is 0 Å². The van der Waals surface area contributed by atoms with Crippen molar-refractivity contribution in [2.75, 3.05) is 11.1 Å². The number of rotatable bonds is 2. The van der Waals surface area contributed by atoms with Crippen LogP contribution in [0.3, 0.4) is 0 Å². The van der Waals surface area contributed by atoms with Crippen molar-refractivity contribution in [2.24, 2.45) is 0 Å². The molecule has 0 heterocycles. The highest BCUT2D eigenvalue weighted by atomic mass is 79.9. The molecule has 3 heteroatoms. The highest BCUT2D eigenvalue weighted by molar-refractivity contribution is 9.10. The number of benzene rings is 2. The Labute approximate surface area is 110 Å². The topological polar surface area (TPSA) is 38.0 Å². The fourth-order valence-corrected chi connectivity index (χ4v) is 1.93. The molecule has 0 aliphatic heterocycles. The third-order valence-corrected chi connectivity index (χ3v) is 3.59. The first kappa shape index (κ1) is 12.0. The van der Waals surface area contributed by atoms with Crippen molar-refractivity contribution in [3.63, 3.8) is 0 Å². The number of hydrogen-bond acceptors (Lipinski definition) is 2. The lowest BCUT2D eigenvalue weighted by Gasteiger charge is -2.09. The molecule has 0 aromatic heterocycles. The van der Waals surface area contributed by atoms with Crippen LogP contribution in [0.15, 0.2) is 40.9 Å². The predicted octanol–water partition coefficient (Wildman–Crippen LogP) is 4.39. The molecule has 0 spiro atoms. The summed E-state index contributed by atoms with van der Waals surface area (Å²) < 4.78 is 1.10. The van der Waals surface area contributed by atoms with Crippen LogP contribution >= 0.6 is 15.9 Å². The van der Waals surface area contributed by atoms with E-state index in [2.05, 4.69) is 46.4 Å². The van der Waals surface area contributed by atoms with Gasteiger partial charge in [0.05, 0.1) is 0 Å². The number of hydrogen-bond donors (Lipinski definition) is 2. The number of nitrogens with two attached hydrogens (primary N) is 1. The van der Waals surface area contributed by atoms with Crippen LogP contribution in [0.5, 0.6) is 0 Å². The van der Waals surface area contributed by atoms with E-state index in [-0.39, 0.29) is 0 Å². The third kappa shape index (κ3) is 2.80. The first-order chi connectivity index (χ1) is 8.06. The van der Waals surface area contributed by atoms with Crippen molar-refractivity contribution in [1.82, 2.24) is 0 Å². The van der Waals surface area contributed by atoms with Crippen LogP contribution in [0.4, 0.5) is 17.1 Å². The number of nitrogens with one attached hydrogen (secondary N) is 1. The van der Waals surface area contributed by atoms with Crippen molar-refractivity contribution in [3.8, 4) is 0 Å². The number of halogens is 1. The molecular formula is C14H15BrN2. The van der Waals surface area contributed by atoms with Gasteiger partial charge < -0.3 is 11.1 Å². The summed E-state index contributed by atoms with van der Waals surface area (Å²) in [6.07, 6.45) is 0. The fourth-order valence-electron chi connectivity index (χ4n) is 1.56. The Morgan fingerprint density at radius 3 is 2.12 bits per heavy atom. The van der Waals surface area contributed by atoms with Gasteiger partial charge in [-0.15, -0.1) is 0 Å². The second-order valence-corrected chi connectivity index (χ2v) is 5.01. The maximum atomic E-state index is 5.88. The molecule has 2 aromatic carbocycles. The maximum Gasteiger partial charge on any atom is 0.0405 e. The van der Waals surface area contributed by atoms with Crippen molar-refractivity contribution in [1.29, 1.82) is 0 Å². The average Bonchev–Trinajstić information content (AvgIpc) is 2.29. The van der Waals surface area contributed by atoms with Crippen LogP contribution in [0, 0.1) is 13.8 Å². The van der Waals surface area contributed by atoms with Gasteiger partial charge in [0.1, 0.15) is 0 Å². The van der Waals surface area contributed by atoms with Gasteiger partial charge in [-0.1, -0.05) is 28.1 Å². The van der Waals surface area contributed by atoms with Gasteiger partial charge in [-0.05, 0) is 49.2 Å². The standard InChI is InChI=1S/C14H15BrN2/c1-9-3-5-11(7-13(9)15)17-12-6-4-10(2)14(16)8-12/h3-8,17H,16H2,1-2H3. The summed E-state index contributed by atoms with van der Waals surface area (Å²) in [7, 11) is 0. The van der Waals surface area contributed by atoms with Crippen LogP contribution in [-0.2, 0) is 0 Å². The SMILES string of the molecule is Cc1ccc(Nc2ccc(C)c(Br)c2)cc1N. The summed E-state index contributed by atoms with van der Waals surface area (Å²) in [5, 5.41) is 3.33. The average molecular weight is 291 g/mol. The minimum absolute atomic E-state index is 0.807. The van der Waals surface area contributed by atoms with E-state index in [1.807, 2.05) is 25.1 Å². The fraction of sp³-hybridized carbons (Fsp3) is 0.143. The van der Waals surface area contributed by atoms with E-state index in [4.69, 9.17) is 5.73 Å². The van der Waals surface area contributed by atoms with Crippen LogP contribution in [0.25, 0.3) is 0 Å². The minimum Gasteiger partial charge on any atom is -0.398 e. The largest absolute Gasteiger partial charge is 0.398 e. The van der Waals surface area contributed by atoms with Gasteiger partial charge in [-0.3, -0.25) is 0 Å². The van der Waals surface area contributed by atoms with E-state index in [0.717, 1.165) is 27.1 Å². The molecule has 0 fully saturated rings. The first-order valence-electron chi connectivity index (χ1n) is 5.45. The quantitative estimate of drug-likeness (QED) is 0.805. The number of anilines is 3. The summed E-state index contributed by atoms with van der Waals surface area (Å²) in [4.78, 5) is 0. The lowest BCUT2D eigenvalue weighted by Crippen LogP contribution is -1.94. The van der Waals surface area contributed by atoms with E-state index >= 15 is 0 Å². The zero-order chi connectivity index (χ0) is 12.4. The second-order valence-electron chi connectivity index (χ2n) is 4.16. The Balaban J connectivity index is 2.25. The Hall–Kier alpha value is -1.48. The molecule has 0 bridgehead atoms. The third-order valence-electron chi connectivity index (χ3n) is 2.74. The second kappa shape index (κ2) is 4.80. The number of nitrogen functional groups attached to an aromatic ring is 1. The molecule has 88 valence electrons. The molecule has 0 atom stereocenters. The van der Waals surface area contributed by atoms with Crippen molar-refractivity contribution in [3.05, 3.63) is 52.0 Å². The van der Waals surface area contributed by atoms with E-state index in [0.29, 0.717) is 0 Å². The summed E-state index contributed by atoms with van der Waals surface area (Å²) in [6.45, 7) is 4.07. The molecule has 2 nitrogen and oxygen atoms in total. The smallest absolute Gasteiger partial charge is 0.0405 e. The summed E-state index contributed by atoms with van der Waals surface area (Å²) >= 11 is 3.52. The molecule has 0 aliphatic carbocycles. The lowest BCUT2D eigenvalue weighted by atomic mass is 10.1. The summed E-state index contributed by atoms with van der Waals surface area (Å²) in [6, 6.07) is 12.2. The van der Waals surface area contributed by atoms with Crippen LogP contribution in [0.2, 0.25) is 0 Å². The lowest BCUT2D eigenvalue weighted by molar-refractivity contribution is 1.41. The van der Waals surface area contributed by atoms with Crippen molar-refractivity contribution in [2.45, 2.75) is 13.8 Å². The van der Waals surface area contributed by atoms with Crippen LogP contribution in [0.1, 0.15) is 11.1 Å². The van der Waals surface area contributed by atoms with Crippen LogP contribution < -0.4 is 11.1 Å². The Morgan fingerprint density at radius 2 is 1.53 bits per heavy atom. The molecule has 0 saturated carbocycles. The normalized spacial score (nSPS) is 10.3. The van der Waals surface area contributed by atoms with Gasteiger partial charge in [0.15, 0.2) is 0 Å². The zero-order valence-corrected chi connectivity index (χ0v) is 11.5. The zero-order valence-electron chi connectivity index (χ0n) is 9.92. The molecule has 17 heavy (non-hydrogen) atoms. The van der Waals surface area contributed by atoms with Gasteiger partial charge in [0.25, 0.3) is 0 Å². The Bertz CT molecular complexity index is 500. The summed E-state index contributed by atoms with van der Waals surface area (Å²) in [5.74, 6) is 0. The molecule has 0 unspecified atom stereocenters. The first-order valence-corrected chi connectivity index (χ1v) is 6.25. The van der Waals surface area contributed by atoms with Crippen LogP contribution in [-0.4, -0.2) is 0 Å². The molecule has 0 saturated heterocycles. The van der Waals surface area contributed by atoms with E-state index < -0.39 is 0 Å². The molecule has 2 rings (SSSR count). The molecular weight excluding hydrogens is 276 g/mol. The van der Waals surface area contributed by atoms with Gasteiger partial charge in [-0.25, -0.2) is 0 Å². The summed E-state index contributed by atoms with van der Waals surface area (Å²) in [5.41, 5.74) is 11.1. The highest BCUT2D eigenvalue weighted by Gasteiger charge is 2.00. The molecule has 0 aliphatic rings. The Kier molecular flexibility index (Phi) is 3.38. The molecule has 2 aromatic rings. The monoisotopic (exact) mass is 290 g/mol. The van der Waals surface area contributed by atoms with E-state index in [1.54, 1.807) is 0 Å². The minimum atomic E-state index is 0.807. The maximum absolute atomic E-state index is 5.88. The van der Waals surface area contributed by atoms with E-state index in [9.17, 15) is 0 Å². The Morgan fingerprint density at radius 1 is 0.941 bits per heavy atom. The predicted molar refractivity (Wildman–Crippen MR) is 77.8 cm³/mol. The van der Waals surface area contributed by atoms with Crippen molar-refractivity contribution < 1.29 is 0 Å². The van der Waals surface area contributed by atoms with Gasteiger partial charge in [0, 0.05) is 21.5 Å². The van der Waals surface area contributed by atoms with Gasteiger partial charge >= 0.3 is 0 Å². The van der Waals surface area contributed by atoms with E-state index in [1.165, 1.54) is 5.56 Å². The molecule has 0 radical (unpaired) electrons. The molecule has 3 N–H and O–H groups in total. The van der Waals surface area contributed by atoms with Crippen molar-refractivity contribution >= 4 is 33.0 Å². The number of aryl methyl sites for hydroxylation is 2. The highest BCUT2D eigenvalue weighted by Crippen LogP contribution is 2.25. The van der Waals surface area contributed by atoms with Gasteiger partial charge in [0.2, 0.25) is 0 Å². The molecule has 0 amide bonds.